The molecule has 0 aromatic heterocycles. The van der Waals surface area contributed by atoms with Gasteiger partial charge in [0.2, 0.25) is 0 Å². The second kappa shape index (κ2) is 5.83. The molecule has 1 aliphatic carbocycles. The quantitative estimate of drug-likeness (QED) is 0.868. The van der Waals surface area contributed by atoms with Crippen molar-refractivity contribution in [3.8, 4) is 5.75 Å². The van der Waals surface area contributed by atoms with Crippen molar-refractivity contribution in [1.82, 2.24) is 0 Å². The summed E-state index contributed by atoms with van der Waals surface area (Å²) in [6.45, 7) is 1.94. The van der Waals surface area contributed by atoms with E-state index in [9.17, 15) is 15.0 Å². The number of carboxylic acids is 1. The molecule has 0 aliphatic heterocycles. The molecule has 4 nitrogen and oxygen atoms in total. The first-order chi connectivity index (χ1) is 9.50. The number of aliphatic carboxylic acids is 1. The minimum Gasteiger partial charge on any atom is -0.497 e. The predicted molar refractivity (Wildman–Crippen MR) is 76.0 cm³/mol. The van der Waals surface area contributed by atoms with Gasteiger partial charge < -0.3 is 14.9 Å². The maximum Gasteiger partial charge on any atom is 0.309 e. The Labute approximate surface area is 119 Å². The Morgan fingerprint density at radius 1 is 1.45 bits per heavy atom. The van der Waals surface area contributed by atoms with E-state index in [1.807, 2.05) is 25.1 Å². The molecule has 0 bridgehead atoms. The molecule has 0 radical (unpaired) electrons. The van der Waals surface area contributed by atoms with Crippen LogP contribution in [0.25, 0.3) is 0 Å². The summed E-state index contributed by atoms with van der Waals surface area (Å²) in [5.74, 6) is -0.858. The van der Waals surface area contributed by atoms with Gasteiger partial charge in [-0.25, -0.2) is 0 Å². The Hall–Kier alpha value is -1.55. The first-order valence-corrected chi connectivity index (χ1v) is 7.11. The van der Waals surface area contributed by atoms with Crippen molar-refractivity contribution in [2.24, 2.45) is 5.92 Å². The summed E-state index contributed by atoms with van der Waals surface area (Å²) in [5.41, 5.74) is 1.03. The van der Waals surface area contributed by atoms with E-state index in [1.165, 1.54) is 5.56 Å². The minimum absolute atomic E-state index is 0.385. The molecule has 110 valence electrons. The number of benzene rings is 1. The number of rotatable bonds is 5. The van der Waals surface area contributed by atoms with E-state index in [0.29, 0.717) is 25.7 Å². The molecule has 2 unspecified atom stereocenters. The Balaban J connectivity index is 2.29. The zero-order valence-corrected chi connectivity index (χ0v) is 12.1. The molecular formula is C16H22O4. The zero-order valence-electron chi connectivity index (χ0n) is 12.1. The standard InChI is InChI=1S/C16H22O4/c1-3-4-14(15(17)18)16(19)8-7-11-5-6-13(20-2)9-12(11)10-16/h5-6,9,14,19H,3-4,7-8,10H2,1-2H3,(H,17,18). The zero-order chi connectivity index (χ0) is 14.8. The molecular weight excluding hydrogens is 256 g/mol. The van der Waals surface area contributed by atoms with Gasteiger partial charge in [0.05, 0.1) is 18.6 Å². The molecule has 0 heterocycles. The number of aryl methyl sites for hydroxylation is 1. The SMILES string of the molecule is CCCC(C(=O)O)C1(O)CCc2ccc(OC)cc2C1. The van der Waals surface area contributed by atoms with E-state index in [2.05, 4.69) is 0 Å². The maximum absolute atomic E-state index is 11.4. The topological polar surface area (TPSA) is 66.8 Å². The highest BCUT2D eigenvalue weighted by molar-refractivity contribution is 5.71. The van der Waals surface area contributed by atoms with E-state index in [1.54, 1.807) is 7.11 Å². The van der Waals surface area contributed by atoms with Crippen molar-refractivity contribution in [2.75, 3.05) is 7.11 Å². The van der Waals surface area contributed by atoms with Gasteiger partial charge in [-0.05, 0) is 42.5 Å². The normalized spacial score (nSPS) is 22.9. The first kappa shape index (κ1) is 14.9. The summed E-state index contributed by atoms with van der Waals surface area (Å²) in [7, 11) is 1.61. The van der Waals surface area contributed by atoms with Crippen LogP contribution in [0.2, 0.25) is 0 Å². The van der Waals surface area contributed by atoms with Crippen LogP contribution in [0.3, 0.4) is 0 Å². The van der Waals surface area contributed by atoms with Crippen molar-refractivity contribution in [1.29, 1.82) is 0 Å². The number of methoxy groups -OCH3 is 1. The highest BCUT2D eigenvalue weighted by atomic mass is 16.5. The third kappa shape index (κ3) is 2.80. The Morgan fingerprint density at radius 2 is 2.20 bits per heavy atom. The molecule has 2 atom stereocenters. The Bertz CT molecular complexity index is 497. The van der Waals surface area contributed by atoms with Crippen LogP contribution in [0.15, 0.2) is 18.2 Å². The van der Waals surface area contributed by atoms with Crippen molar-refractivity contribution >= 4 is 5.97 Å². The third-order valence-electron chi connectivity index (χ3n) is 4.26. The number of aliphatic hydroxyl groups is 1. The highest BCUT2D eigenvalue weighted by Gasteiger charge is 2.43. The number of carboxylic acid groups (broad SMARTS) is 1. The van der Waals surface area contributed by atoms with E-state index in [4.69, 9.17) is 4.74 Å². The Morgan fingerprint density at radius 3 is 2.80 bits per heavy atom. The molecule has 0 spiro atoms. The maximum atomic E-state index is 11.4. The lowest BCUT2D eigenvalue weighted by Gasteiger charge is -2.38. The predicted octanol–water partition coefficient (Wildman–Crippen LogP) is 2.42. The fourth-order valence-corrected chi connectivity index (χ4v) is 3.12. The first-order valence-electron chi connectivity index (χ1n) is 7.11. The minimum atomic E-state index is -1.15. The molecule has 0 saturated carbocycles. The Kier molecular flexibility index (Phi) is 4.33. The monoisotopic (exact) mass is 278 g/mol. The molecule has 0 fully saturated rings. The van der Waals surface area contributed by atoms with Crippen LogP contribution >= 0.6 is 0 Å². The smallest absolute Gasteiger partial charge is 0.309 e. The fourth-order valence-electron chi connectivity index (χ4n) is 3.12. The van der Waals surface area contributed by atoms with E-state index in [0.717, 1.165) is 17.7 Å². The van der Waals surface area contributed by atoms with Crippen LogP contribution < -0.4 is 4.74 Å². The van der Waals surface area contributed by atoms with E-state index >= 15 is 0 Å². The lowest BCUT2D eigenvalue weighted by molar-refractivity contribution is -0.153. The highest BCUT2D eigenvalue weighted by Crippen LogP contribution is 2.37. The third-order valence-corrected chi connectivity index (χ3v) is 4.26. The number of hydrogen-bond donors (Lipinski definition) is 2. The summed E-state index contributed by atoms with van der Waals surface area (Å²) in [5, 5.41) is 20.2. The van der Waals surface area contributed by atoms with Gasteiger partial charge in [0.15, 0.2) is 0 Å². The van der Waals surface area contributed by atoms with Gasteiger partial charge in [-0.2, -0.15) is 0 Å². The van der Waals surface area contributed by atoms with Crippen LogP contribution in [-0.4, -0.2) is 28.9 Å². The fraction of sp³-hybridized carbons (Fsp3) is 0.562. The second-order valence-electron chi connectivity index (χ2n) is 5.59. The van der Waals surface area contributed by atoms with Gasteiger partial charge in [0, 0.05) is 6.42 Å². The van der Waals surface area contributed by atoms with Gasteiger partial charge in [0.25, 0.3) is 0 Å². The van der Waals surface area contributed by atoms with Gasteiger partial charge >= 0.3 is 5.97 Å². The second-order valence-corrected chi connectivity index (χ2v) is 5.59. The number of fused-ring (bicyclic) bond motifs is 1. The summed E-state index contributed by atoms with van der Waals surface area (Å²) in [6, 6.07) is 5.82. The van der Waals surface area contributed by atoms with E-state index < -0.39 is 17.5 Å². The molecule has 2 rings (SSSR count). The molecule has 1 aromatic carbocycles. The van der Waals surface area contributed by atoms with Gasteiger partial charge in [-0.15, -0.1) is 0 Å². The van der Waals surface area contributed by atoms with Crippen molar-refractivity contribution in [2.45, 2.75) is 44.6 Å². The van der Waals surface area contributed by atoms with Gasteiger partial charge in [-0.3, -0.25) is 4.79 Å². The average Bonchev–Trinajstić information content (AvgIpc) is 2.43. The summed E-state index contributed by atoms with van der Waals surface area (Å²) >= 11 is 0. The number of carbonyl (C=O) groups is 1. The van der Waals surface area contributed by atoms with E-state index in [-0.39, 0.29) is 0 Å². The largest absolute Gasteiger partial charge is 0.497 e. The van der Waals surface area contributed by atoms with Crippen molar-refractivity contribution in [3.05, 3.63) is 29.3 Å². The molecule has 0 amide bonds. The van der Waals surface area contributed by atoms with Gasteiger partial charge in [-0.1, -0.05) is 19.4 Å². The van der Waals surface area contributed by atoms with Crippen LogP contribution in [0.1, 0.15) is 37.3 Å². The van der Waals surface area contributed by atoms with Crippen LogP contribution in [0, 0.1) is 5.92 Å². The summed E-state index contributed by atoms with van der Waals surface area (Å²) < 4.78 is 5.21. The molecule has 0 saturated heterocycles. The van der Waals surface area contributed by atoms with Crippen molar-refractivity contribution in [3.63, 3.8) is 0 Å². The molecule has 1 aromatic rings. The number of hydrogen-bond acceptors (Lipinski definition) is 3. The van der Waals surface area contributed by atoms with Crippen LogP contribution in [0.5, 0.6) is 5.75 Å². The lowest BCUT2D eigenvalue weighted by Crippen LogP contribution is -2.46. The molecule has 1 aliphatic rings. The molecule has 20 heavy (non-hydrogen) atoms. The molecule has 4 heteroatoms. The van der Waals surface area contributed by atoms with Crippen LogP contribution in [0.4, 0.5) is 0 Å². The average molecular weight is 278 g/mol. The lowest BCUT2D eigenvalue weighted by atomic mass is 9.72. The van der Waals surface area contributed by atoms with Gasteiger partial charge in [0.1, 0.15) is 5.75 Å². The summed E-state index contributed by atoms with van der Waals surface area (Å²) in [6.07, 6.45) is 2.86. The van der Waals surface area contributed by atoms with Crippen molar-refractivity contribution < 1.29 is 19.7 Å². The van der Waals surface area contributed by atoms with Crippen LogP contribution in [-0.2, 0) is 17.6 Å². The molecule has 2 N–H and O–H groups in total. The summed E-state index contributed by atoms with van der Waals surface area (Å²) in [4.78, 5) is 11.4. The number of ether oxygens (including phenoxy) is 1.